The Morgan fingerprint density at radius 2 is 2.23 bits per heavy atom. The normalized spacial score (nSPS) is 30.8. The Labute approximate surface area is 92.6 Å². The van der Waals surface area contributed by atoms with Crippen LogP contribution in [0.15, 0.2) is 0 Å². The summed E-state index contributed by atoms with van der Waals surface area (Å²) in [5.74, 6) is -0.762. The van der Waals surface area contributed by atoms with E-state index in [1.807, 2.05) is 0 Å². The summed E-state index contributed by atoms with van der Waals surface area (Å²) in [6, 6.07) is 0.525. The van der Waals surface area contributed by atoms with E-state index in [2.05, 4.69) is 41.3 Å². The van der Waals surface area contributed by atoms with Gasteiger partial charge in [0.05, 0.1) is 9.97 Å². The van der Waals surface area contributed by atoms with Crippen molar-refractivity contribution < 1.29 is 9.90 Å². The Bertz CT molecular complexity index is 196. The van der Waals surface area contributed by atoms with Crippen LogP contribution in [0.3, 0.4) is 0 Å². The van der Waals surface area contributed by atoms with Gasteiger partial charge in [0, 0.05) is 12.6 Å². The van der Waals surface area contributed by atoms with Gasteiger partial charge in [-0.1, -0.05) is 22.6 Å². The predicted octanol–water partition coefficient (Wildman–Crippen LogP) is 1.95. The number of piperidine rings is 1. The number of hydrogen-bond donors (Lipinski definition) is 1. The smallest absolute Gasteiger partial charge is 0.306 e. The third-order valence-corrected chi connectivity index (χ3v) is 3.81. The molecule has 0 aromatic heterocycles. The van der Waals surface area contributed by atoms with Crippen LogP contribution < -0.4 is 0 Å². The Morgan fingerprint density at radius 1 is 1.62 bits per heavy atom. The number of alkyl halides is 1. The van der Waals surface area contributed by atoms with Crippen LogP contribution in [-0.2, 0) is 4.79 Å². The minimum atomic E-state index is -0.634. The number of carboxylic acids is 1. The van der Waals surface area contributed by atoms with E-state index in [9.17, 15) is 4.79 Å². The molecular weight excluding hydrogens is 281 g/mol. The van der Waals surface area contributed by atoms with Crippen LogP contribution in [0.2, 0.25) is 0 Å². The van der Waals surface area contributed by atoms with Crippen LogP contribution in [0.1, 0.15) is 26.7 Å². The molecule has 0 amide bonds. The van der Waals surface area contributed by atoms with Gasteiger partial charge in [-0.05, 0) is 26.7 Å². The molecule has 0 radical (unpaired) electrons. The summed E-state index contributed by atoms with van der Waals surface area (Å²) in [5, 5.41) is 8.86. The van der Waals surface area contributed by atoms with Crippen LogP contribution >= 0.6 is 22.6 Å². The average molecular weight is 297 g/mol. The van der Waals surface area contributed by atoms with Crippen molar-refractivity contribution in [1.29, 1.82) is 0 Å². The molecule has 76 valence electrons. The molecular formula is C9H16INO2. The lowest BCUT2D eigenvalue weighted by Gasteiger charge is -2.37. The molecule has 3 nitrogen and oxygen atoms in total. The highest BCUT2D eigenvalue weighted by Crippen LogP contribution is 2.28. The molecule has 1 saturated heterocycles. The summed E-state index contributed by atoms with van der Waals surface area (Å²) in [7, 11) is 0. The number of halogens is 1. The van der Waals surface area contributed by atoms with E-state index in [0.717, 1.165) is 19.4 Å². The molecule has 1 fully saturated rings. The SMILES string of the molecule is CC(C)N1CCC(C(=O)O)CC1I. The molecule has 0 aromatic rings. The standard InChI is InChI=1S/C9H16INO2/c1-6(2)11-4-3-7(9(12)13)5-8(11)10/h6-8H,3-5H2,1-2H3,(H,12,13). The van der Waals surface area contributed by atoms with E-state index in [-0.39, 0.29) is 5.92 Å². The molecule has 1 rings (SSSR count). The van der Waals surface area contributed by atoms with Gasteiger partial charge in [-0.15, -0.1) is 0 Å². The van der Waals surface area contributed by atoms with Crippen molar-refractivity contribution in [3.8, 4) is 0 Å². The first kappa shape index (κ1) is 11.2. The summed E-state index contributed by atoms with van der Waals surface area (Å²) in [6.07, 6.45) is 1.58. The molecule has 0 saturated carbocycles. The number of likely N-dealkylation sites (tertiary alicyclic amines) is 1. The van der Waals surface area contributed by atoms with Gasteiger partial charge in [-0.25, -0.2) is 0 Å². The molecule has 0 aromatic carbocycles. The minimum Gasteiger partial charge on any atom is -0.481 e. The van der Waals surface area contributed by atoms with Gasteiger partial charge in [0.1, 0.15) is 0 Å². The number of carbonyl (C=O) groups is 1. The van der Waals surface area contributed by atoms with E-state index >= 15 is 0 Å². The van der Waals surface area contributed by atoms with Crippen molar-refractivity contribution in [3.63, 3.8) is 0 Å². The van der Waals surface area contributed by atoms with Gasteiger partial charge in [-0.3, -0.25) is 9.69 Å². The second kappa shape index (κ2) is 4.59. The lowest BCUT2D eigenvalue weighted by molar-refractivity contribution is -0.143. The van der Waals surface area contributed by atoms with Crippen molar-refractivity contribution in [1.82, 2.24) is 4.90 Å². The Balaban J connectivity index is 2.51. The third kappa shape index (κ3) is 2.80. The summed E-state index contributed by atoms with van der Waals surface area (Å²) in [4.78, 5) is 13.1. The second-order valence-electron chi connectivity index (χ2n) is 3.83. The summed E-state index contributed by atoms with van der Waals surface area (Å²) in [5.41, 5.74) is 0. The van der Waals surface area contributed by atoms with Crippen LogP contribution in [-0.4, -0.2) is 32.6 Å². The zero-order valence-electron chi connectivity index (χ0n) is 8.03. The molecule has 2 unspecified atom stereocenters. The predicted molar refractivity (Wildman–Crippen MR) is 60.0 cm³/mol. The summed E-state index contributed by atoms with van der Waals surface area (Å²) < 4.78 is 0.382. The van der Waals surface area contributed by atoms with Crippen molar-refractivity contribution >= 4 is 28.6 Å². The zero-order valence-corrected chi connectivity index (χ0v) is 10.2. The maximum absolute atomic E-state index is 10.8. The molecule has 13 heavy (non-hydrogen) atoms. The number of rotatable bonds is 2. The van der Waals surface area contributed by atoms with Gasteiger partial charge in [-0.2, -0.15) is 0 Å². The lowest BCUT2D eigenvalue weighted by Crippen LogP contribution is -2.44. The fourth-order valence-electron chi connectivity index (χ4n) is 1.74. The first-order valence-electron chi connectivity index (χ1n) is 4.65. The molecule has 4 heteroatoms. The Kier molecular flexibility index (Phi) is 3.97. The maximum Gasteiger partial charge on any atom is 0.306 e. The molecule has 0 spiro atoms. The van der Waals surface area contributed by atoms with Crippen LogP contribution in [0.25, 0.3) is 0 Å². The van der Waals surface area contributed by atoms with Crippen LogP contribution in [0, 0.1) is 5.92 Å². The first-order chi connectivity index (χ1) is 6.02. The van der Waals surface area contributed by atoms with Gasteiger partial charge in [0.25, 0.3) is 0 Å². The largest absolute Gasteiger partial charge is 0.481 e. The fourth-order valence-corrected chi connectivity index (χ4v) is 3.27. The topological polar surface area (TPSA) is 40.5 Å². The highest BCUT2D eigenvalue weighted by Gasteiger charge is 2.31. The van der Waals surface area contributed by atoms with E-state index in [1.54, 1.807) is 0 Å². The van der Waals surface area contributed by atoms with E-state index in [0.29, 0.717) is 10.1 Å². The molecule has 1 N–H and O–H groups in total. The third-order valence-electron chi connectivity index (χ3n) is 2.59. The summed E-state index contributed by atoms with van der Waals surface area (Å²) >= 11 is 2.35. The van der Waals surface area contributed by atoms with E-state index in [4.69, 9.17) is 5.11 Å². The zero-order chi connectivity index (χ0) is 10.0. The minimum absolute atomic E-state index is 0.128. The molecule has 0 bridgehead atoms. The second-order valence-corrected chi connectivity index (χ2v) is 5.26. The Hall–Kier alpha value is 0.160. The molecule has 2 atom stereocenters. The number of hydrogen-bond acceptors (Lipinski definition) is 2. The highest BCUT2D eigenvalue weighted by atomic mass is 127. The van der Waals surface area contributed by atoms with Crippen molar-refractivity contribution in [3.05, 3.63) is 0 Å². The number of carboxylic acid groups (broad SMARTS) is 1. The van der Waals surface area contributed by atoms with E-state index in [1.165, 1.54) is 0 Å². The van der Waals surface area contributed by atoms with Gasteiger partial charge < -0.3 is 5.11 Å². The summed E-state index contributed by atoms with van der Waals surface area (Å²) in [6.45, 7) is 5.24. The molecule has 1 aliphatic heterocycles. The van der Waals surface area contributed by atoms with E-state index < -0.39 is 5.97 Å². The molecule has 1 aliphatic rings. The quantitative estimate of drug-likeness (QED) is 0.481. The van der Waals surface area contributed by atoms with Gasteiger partial charge in [0.2, 0.25) is 0 Å². The van der Waals surface area contributed by atoms with Crippen molar-refractivity contribution in [2.75, 3.05) is 6.54 Å². The Morgan fingerprint density at radius 3 is 2.62 bits per heavy atom. The fraction of sp³-hybridized carbons (Fsp3) is 0.889. The molecule has 1 heterocycles. The van der Waals surface area contributed by atoms with Crippen LogP contribution in [0.5, 0.6) is 0 Å². The number of aliphatic carboxylic acids is 1. The van der Waals surface area contributed by atoms with Gasteiger partial charge >= 0.3 is 5.97 Å². The highest BCUT2D eigenvalue weighted by molar-refractivity contribution is 14.1. The molecule has 0 aliphatic carbocycles. The maximum atomic E-state index is 10.8. The first-order valence-corrected chi connectivity index (χ1v) is 5.89. The monoisotopic (exact) mass is 297 g/mol. The van der Waals surface area contributed by atoms with Gasteiger partial charge in [0.15, 0.2) is 0 Å². The van der Waals surface area contributed by atoms with Crippen LogP contribution in [0.4, 0.5) is 0 Å². The van der Waals surface area contributed by atoms with Crippen molar-refractivity contribution in [2.45, 2.75) is 36.8 Å². The average Bonchev–Trinajstić information content (AvgIpc) is 2.03. The lowest BCUT2D eigenvalue weighted by atomic mass is 9.96. The number of nitrogens with zero attached hydrogens (tertiary/aromatic N) is 1. The van der Waals surface area contributed by atoms with Crippen molar-refractivity contribution in [2.24, 2.45) is 5.92 Å².